The minimum absolute atomic E-state index is 0.156. The van der Waals surface area contributed by atoms with Gasteiger partial charge in [-0.05, 0) is 70.0 Å². The van der Waals surface area contributed by atoms with Crippen LogP contribution in [0.15, 0.2) is 47.1 Å². The summed E-state index contributed by atoms with van der Waals surface area (Å²) in [5, 5.41) is 2.95. The number of hydrogen-bond acceptors (Lipinski definition) is 4. The van der Waals surface area contributed by atoms with Crippen LogP contribution in [0.3, 0.4) is 0 Å². The number of anilines is 2. The third-order valence-electron chi connectivity index (χ3n) is 4.98. The predicted octanol–water partition coefficient (Wildman–Crippen LogP) is 3.76. The Hall–Kier alpha value is -2.76. The number of carbonyl (C=O) groups is 2. The fourth-order valence-corrected chi connectivity index (χ4v) is 3.63. The van der Waals surface area contributed by atoms with E-state index in [-0.39, 0.29) is 17.6 Å². The largest absolute Gasteiger partial charge is 0.459 e. The average Bonchev–Trinajstić information content (AvgIpc) is 3.35. The van der Waals surface area contributed by atoms with Crippen molar-refractivity contribution in [3.8, 4) is 0 Å². The molecule has 1 atom stereocenters. The first-order valence-corrected chi connectivity index (χ1v) is 9.53. The van der Waals surface area contributed by atoms with E-state index < -0.39 is 6.04 Å². The second kappa shape index (κ2) is 8.29. The molecule has 0 radical (unpaired) electrons. The number of rotatable bonds is 6. The van der Waals surface area contributed by atoms with Crippen molar-refractivity contribution in [1.82, 2.24) is 4.90 Å². The predicted molar refractivity (Wildman–Crippen MR) is 106 cm³/mol. The summed E-state index contributed by atoms with van der Waals surface area (Å²) in [5.74, 6) is -0.118. The van der Waals surface area contributed by atoms with Gasteiger partial charge in [-0.25, -0.2) is 0 Å². The van der Waals surface area contributed by atoms with Gasteiger partial charge < -0.3 is 19.5 Å². The maximum absolute atomic E-state index is 12.7. The molecule has 1 fully saturated rings. The molecule has 0 bridgehead atoms. The SMILES string of the molecule is CCN(c1ccc(NC(=O)C2CCCN2C(=O)c2ccco2)cc1)C(C)C. The van der Waals surface area contributed by atoms with Crippen molar-refractivity contribution in [2.75, 3.05) is 23.3 Å². The van der Waals surface area contributed by atoms with Crippen LogP contribution < -0.4 is 10.2 Å². The molecule has 0 aliphatic carbocycles. The lowest BCUT2D eigenvalue weighted by atomic mass is 10.2. The Labute approximate surface area is 160 Å². The fourth-order valence-electron chi connectivity index (χ4n) is 3.63. The van der Waals surface area contributed by atoms with Crippen molar-refractivity contribution in [1.29, 1.82) is 0 Å². The second-order valence-corrected chi connectivity index (χ2v) is 7.05. The summed E-state index contributed by atoms with van der Waals surface area (Å²) in [6, 6.07) is 11.1. The highest BCUT2D eigenvalue weighted by Crippen LogP contribution is 2.24. The molecule has 1 aliphatic heterocycles. The van der Waals surface area contributed by atoms with Gasteiger partial charge >= 0.3 is 0 Å². The monoisotopic (exact) mass is 369 g/mol. The topological polar surface area (TPSA) is 65.8 Å². The van der Waals surface area contributed by atoms with Gasteiger partial charge in [0.15, 0.2) is 5.76 Å². The molecule has 144 valence electrons. The molecule has 1 N–H and O–H groups in total. The summed E-state index contributed by atoms with van der Waals surface area (Å²) in [6.07, 6.45) is 2.94. The normalized spacial score (nSPS) is 16.6. The maximum Gasteiger partial charge on any atom is 0.290 e. The smallest absolute Gasteiger partial charge is 0.290 e. The number of nitrogens with one attached hydrogen (secondary N) is 1. The number of nitrogens with zero attached hydrogens (tertiary/aromatic N) is 2. The zero-order chi connectivity index (χ0) is 19.4. The van der Waals surface area contributed by atoms with Crippen LogP contribution in [0, 0.1) is 0 Å². The Morgan fingerprint density at radius 3 is 2.59 bits per heavy atom. The van der Waals surface area contributed by atoms with Crippen molar-refractivity contribution in [3.63, 3.8) is 0 Å². The highest BCUT2D eigenvalue weighted by molar-refractivity contribution is 6.00. The third-order valence-corrected chi connectivity index (χ3v) is 4.98. The third kappa shape index (κ3) is 4.15. The number of carbonyl (C=O) groups excluding carboxylic acids is 2. The Kier molecular flexibility index (Phi) is 5.84. The van der Waals surface area contributed by atoms with Gasteiger partial charge in [0.05, 0.1) is 6.26 Å². The number of hydrogen-bond donors (Lipinski definition) is 1. The molecule has 3 rings (SSSR count). The zero-order valence-electron chi connectivity index (χ0n) is 16.1. The van der Waals surface area contributed by atoms with E-state index >= 15 is 0 Å². The van der Waals surface area contributed by atoms with Crippen molar-refractivity contribution in [2.45, 2.75) is 45.7 Å². The molecular weight excluding hydrogens is 342 g/mol. The first-order valence-electron chi connectivity index (χ1n) is 9.53. The van der Waals surface area contributed by atoms with Crippen LogP contribution in [0.1, 0.15) is 44.2 Å². The lowest BCUT2D eigenvalue weighted by Crippen LogP contribution is -2.43. The molecule has 2 aromatic rings. The molecule has 1 aromatic heterocycles. The van der Waals surface area contributed by atoms with Gasteiger partial charge in [0.1, 0.15) is 6.04 Å². The lowest BCUT2D eigenvalue weighted by molar-refractivity contribution is -0.119. The number of likely N-dealkylation sites (tertiary alicyclic amines) is 1. The minimum Gasteiger partial charge on any atom is -0.459 e. The number of furan rings is 1. The van der Waals surface area contributed by atoms with Gasteiger partial charge in [0.2, 0.25) is 5.91 Å². The number of benzene rings is 1. The van der Waals surface area contributed by atoms with Crippen molar-refractivity contribution >= 4 is 23.2 Å². The summed E-state index contributed by atoms with van der Waals surface area (Å²) in [4.78, 5) is 29.2. The summed E-state index contributed by atoms with van der Waals surface area (Å²) >= 11 is 0. The molecule has 2 heterocycles. The van der Waals surface area contributed by atoms with Gasteiger partial charge in [0.25, 0.3) is 5.91 Å². The van der Waals surface area contributed by atoms with Gasteiger partial charge in [-0.15, -0.1) is 0 Å². The highest BCUT2D eigenvalue weighted by atomic mass is 16.3. The second-order valence-electron chi connectivity index (χ2n) is 7.05. The highest BCUT2D eigenvalue weighted by Gasteiger charge is 2.35. The van der Waals surface area contributed by atoms with Crippen LogP contribution in [0.4, 0.5) is 11.4 Å². The standard InChI is InChI=1S/C21H27N3O3/c1-4-23(15(2)3)17-11-9-16(10-12-17)22-20(25)18-7-5-13-24(18)21(26)19-8-6-14-27-19/h6,8-12,14-15,18H,4-5,7,13H2,1-3H3,(H,22,25). The maximum atomic E-state index is 12.7. The van der Waals surface area contributed by atoms with E-state index in [9.17, 15) is 9.59 Å². The zero-order valence-corrected chi connectivity index (χ0v) is 16.1. The van der Waals surface area contributed by atoms with Gasteiger partial charge in [-0.3, -0.25) is 9.59 Å². The van der Waals surface area contributed by atoms with Crippen LogP contribution in [0.25, 0.3) is 0 Å². The molecule has 0 saturated carbocycles. The van der Waals surface area contributed by atoms with E-state index in [0.29, 0.717) is 19.0 Å². The van der Waals surface area contributed by atoms with Crippen LogP contribution in [-0.2, 0) is 4.79 Å². The van der Waals surface area contributed by atoms with Gasteiger partial charge in [-0.1, -0.05) is 0 Å². The molecule has 6 heteroatoms. The molecule has 1 saturated heterocycles. The first kappa shape index (κ1) is 19.0. The van der Waals surface area contributed by atoms with E-state index in [1.54, 1.807) is 17.0 Å². The summed E-state index contributed by atoms with van der Waals surface area (Å²) in [7, 11) is 0. The molecular formula is C21H27N3O3. The number of amides is 2. The quantitative estimate of drug-likeness (QED) is 0.842. The fraction of sp³-hybridized carbons (Fsp3) is 0.429. The van der Waals surface area contributed by atoms with Crippen LogP contribution in [-0.4, -0.2) is 41.9 Å². The molecule has 1 unspecified atom stereocenters. The van der Waals surface area contributed by atoms with Crippen LogP contribution in [0.2, 0.25) is 0 Å². The molecule has 1 aromatic carbocycles. The molecule has 1 aliphatic rings. The van der Waals surface area contributed by atoms with E-state index in [1.165, 1.54) is 6.26 Å². The Morgan fingerprint density at radius 1 is 1.26 bits per heavy atom. The summed E-state index contributed by atoms with van der Waals surface area (Å²) in [5.41, 5.74) is 1.86. The Morgan fingerprint density at radius 2 is 2.00 bits per heavy atom. The van der Waals surface area contributed by atoms with E-state index in [4.69, 9.17) is 4.42 Å². The van der Waals surface area contributed by atoms with E-state index in [2.05, 4.69) is 31.0 Å². The average molecular weight is 369 g/mol. The molecule has 6 nitrogen and oxygen atoms in total. The van der Waals surface area contributed by atoms with Crippen molar-refractivity contribution < 1.29 is 14.0 Å². The Balaban J connectivity index is 1.66. The van der Waals surface area contributed by atoms with Gasteiger partial charge in [-0.2, -0.15) is 0 Å². The molecule has 27 heavy (non-hydrogen) atoms. The summed E-state index contributed by atoms with van der Waals surface area (Å²) in [6.45, 7) is 7.93. The van der Waals surface area contributed by atoms with Crippen LogP contribution in [0.5, 0.6) is 0 Å². The molecule has 2 amide bonds. The van der Waals surface area contributed by atoms with Crippen LogP contribution >= 0.6 is 0 Å². The lowest BCUT2D eigenvalue weighted by Gasteiger charge is -2.27. The van der Waals surface area contributed by atoms with Gasteiger partial charge in [0, 0.05) is 30.5 Å². The molecule has 0 spiro atoms. The summed E-state index contributed by atoms with van der Waals surface area (Å²) < 4.78 is 5.19. The van der Waals surface area contributed by atoms with E-state index in [0.717, 1.165) is 24.3 Å². The van der Waals surface area contributed by atoms with Crippen molar-refractivity contribution in [3.05, 3.63) is 48.4 Å². The minimum atomic E-state index is -0.468. The first-order chi connectivity index (χ1) is 13.0. The van der Waals surface area contributed by atoms with E-state index in [1.807, 2.05) is 24.3 Å². The van der Waals surface area contributed by atoms with Crippen molar-refractivity contribution in [2.24, 2.45) is 0 Å². The Bertz CT molecular complexity index is 768.